The smallest absolute Gasteiger partial charge is 0.409 e. The number of amides is 2. The van der Waals surface area contributed by atoms with Crippen LogP contribution in [0.25, 0.3) is 0 Å². The third-order valence-corrected chi connectivity index (χ3v) is 2.47. The number of anilines is 1. The molecule has 0 saturated carbocycles. The van der Waals surface area contributed by atoms with E-state index in [-0.39, 0.29) is 18.1 Å². The van der Waals surface area contributed by atoms with E-state index < -0.39 is 17.8 Å². The first-order valence-electron chi connectivity index (χ1n) is 6.01. The summed E-state index contributed by atoms with van der Waals surface area (Å²) in [5, 5.41) is 15.8. The maximum Gasteiger partial charge on any atom is 0.416 e. The SMILES string of the molecule is NC(CCCNC(=O)Nc1cccc(C(F)(F)F)c1)=NO. The number of nitrogens with one attached hydrogen (secondary N) is 2. The Balaban J connectivity index is 2.45. The van der Waals surface area contributed by atoms with Crippen LogP contribution in [0, 0.1) is 0 Å². The van der Waals surface area contributed by atoms with E-state index in [4.69, 9.17) is 10.9 Å². The van der Waals surface area contributed by atoms with Gasteiger partial charge in [-0.25, -0.2) is 4.79 Å². The summed E-state index contributed by atoms with van der Waals surface area (Å²) < 4.78 is 37.5. The molecule has 0 heterocycles. The Labute approximate surface area is 118 Å². The molecule has 2 amide bonds. The third kappa shape index (κ3) is 6.02. The van der Waals surface area contributed by atoms with Crippen LogP contribution in [0.5, 0.6) is 0 Å². The number of alkyl halides is 3. The predicted octanol–water partition coefficient (Wildman–Crippen LogP) is 2.35. The largest absolute Gasteiger partial charge is 0.416 e. The first-order chi connectivity index (χ1) is 9.82. The topological polar surface area (TPSA) is 99.7 Å². The summed E-state index contributed by atoms with van der Waals surface area (Å²) >= 11 is 0. The van der Waals surface area contributed by atoms with Gasteiger partial charge >= 0.3 is 12.2 Å². The maximum absolute atomic E-state index is 12.5. The molecule has 0 unspecified atom stereocenters. The molecule has 0 aliphatic carbocycles. The molecule has 5 N–H and O–H groups in total. The van der Waals surface area contributed by atoms with Gasteiger partial charge in [0.25, 0.3) is 0 Å². The fourth-order valence-electron chi connectivity index (χ4n) is 1.47. The van der Waals surface area contributed by atoms with Gasteiger partial charge in [-0.1, -0.05) is 11.2 Å². The van der Waals surface area contributed by atoms with Gasteiger partial charge in [-0.3, -0.25) is 0 Å². The standard InChI is InChI=1S/C12H15F3N4O2/c13-12(14,15)8-3-1-4-9(7-8)18-11(20)17-6-2-5-10(16)19-21/h1,3-4,7,21H,2,5-6H2,(H2,16,19)(H2,17,18,20). The van der Waals surface area contributed by atoms with Gasteiger partial charge in [-0.2, -0.15) is 13.2 Å². The highest BCUT2D eigenvalue weighted by atomic mass is 19.4. The molecule has 1 aromatic rings. The Morgan fingerprint density at radius 3 is 2.71 bits per heavy atom. The first kappa shape index (κ1) is 16.6. The number of nitrogens with zero attached hydrogens (tertiary/aromatic N) is 1. The lowest BCUT2D eigenvalue weighted by molar-refractivity contribution is -0.137. The van der Waals surface area contributed by atoms with Gasteiger partial charge in [0.05, 0.1) is 5.56 Å². The van der Waals surface area contributed by atoms with E-state index in [0.717, 1.165) is 12.1 Å². The molecular weight excluding hydrogens is 289 g/mol. The highest BCUT2D eigenvalue weighted by molar-refractivity contribution is 5.89. The lowest BCUT2D eigenvalue weighted by atomic mass is 10.2. The van der Waals surface area contributed by atoms with Crippen molar-refractivity contribution in [2.45, 2.75) is 19.0 Å². The molecular formula is C12H15F3N4O2. The van der Waals surface area contributed by atoms with Crippen LogP contribution in [-0.2, 0) is 6.18 Å². The normalized spacial score (nSPS) is 12.0. The zero-order valence-electron chi connectivity index (χ0n) is 10.9. The molecule has 0 saturated heterocycles. The number of oxime groups is 1. The molecule has 0 bridgehead atoms. The molecule has 6 nitrogen and oxygen atoms in total. The number of carbonyl (C=O) groups is 1. The van der Waals surface area contributed by atoms with Crippen LogP contribution in [0.3, 0.4) is 0 Å². The van der Waals surface area contributed by atoms with E-state index in [1.165, 1.54) is 12.1 Å². The summed E-state index contributed by atoms with van der Waals surface area (Å²) in [4.78, 5) is 11.5. The van der Waals surface area contributed by atoms with Crippen molar-refractivity contribution in [3.8, 4) is 0 Å². The Kier molecular flexibility index (Phi) is 5.82. The molecule has 0 aliphatic heterocycles. The summed E-state index contributed by atoms with van der Waals surface area (Å²) in [6.45, 7) is 0.237. The van der Waals surface area contributed by atoms with Crippen molar-refractivity contribution in [1.82, 2.24) is 5.32 Å². The Morgan fingerprint density at radius 1 is 1.38 bits per heavy atom. The van der Waals surface area contributed by atoms with E-state index in [1.807, 2.05) is 0 Å². The van der Waals surface area contributed by atoms with Gasteiger partial charge in [0.2, 0.25) is 0 Å². The second-order valence-electron chi connectivity index (χ2n) is 4.15. The summed E-state index contributed by atoms with van der Waals surface area (Å²) in [6, 6.07) is 3.69. The highest BCUT2D eigenvalue weighted by Gasteiger charge is 2.30. The molecule has 0 fully saturated rings. The van der Waals surface area contributed by atoms with Crippen molar-refractivity contribution in [2.24, 2.45) is 10.9 Å². The van der Waals surface area contributed by atoms with Crippen LogP contribution >= 0.6 is 0 Å². The van der Waals surface area contributed by atoms with Crippen molar-refractivity contribution < 1.29 is 23.2 Å². The molecule has 0 radical (unpaired) electrons. The summed E-state index contributed by atoms with van der Waals surface area (Å²) in [5.41, 5.74) is 4.44. The number of carbonyl (C=O) groups excluding carboxylic acids is 1. The van der Waals surface area contributed by atoms with Crippen LogP contribution in [0.1, 0.15) is 18.4 Å². The molecule has 0 aliphatic rings. The van der Waals surface area contributed by atoms with E-state index in [0.29, 0.717) is 12.8 Å². The van der Waals surface area contributed by atoms with Crippen LogP contribution in [-0.4, -0.2) is 23.6 Å². The van der Waals surface area contributed by atoms with Gasteiger partial charge in [-0.15, -0.1) is 0 Å². The molecule has 0 spiro atoms. The number of rotatable bonds is 5. The van der Waals surface area contributed by atoms with Crippen LogP contribution in [0.2, 0.25) is 0 Å². The van der Waals surface area contributed by atoms with Gasteiger partial charge in [0.15, 0.2) is 0 Å². The van der Waals surface area contributed by atoms with Gasteiger partial charge in [0, 0.05) is 18.7 Å². The monoisotopic (exact) mass is 304 g/mol. The number of halogens is 3. The van der Waals surface area contributed by atoms with Crippen LogP contribution in [0.4, 0.5) is 23.7 Å². The zero-order valence-corrected chi connectivity index (χ0v) is 10.9. The predicted molar refractivity (Wildman–Crippen MR) is 71.1 cm³/mol. The first-order valence-corrected chi connectivity index (χ1v) is 6.01. The number of hydrogen-bond acceptors (Lipinski definition) is 3. The summed E-state index contributed by atoms with van der Waals surface area (Å²) in [7, 11) is 0. The average Bonchev–Trinajstić information content (AvgIpc) is 2.42. The Hall–Kier alpha value is -2.45. The van der Waals surface area contributed by atoms with Crippen molar-refractivity contribution in [1.29, 1.82) is 0 Å². The quantitative estimate of drug-likeness (QED) is 0.221. The van der Waals surface area contributed by atoms with Crippen molar-refractivity contribution in [3.63, 3.8) is 0 Å². The van der Waals surface area contributed by atoms with Gasteiger partial charge in [0.1, 0.15) is 5.84 Å². The molecule has 9 heteroatoms. The second kappa shape index (κ2) is 7.36. The number of amidine groups is 1. The minimum absolute atomic E-state index is 0.0371. The minimum atomic E-state index is -4.46. The lowest BCUT2D eigenvalue weighted by Gasteiger charge is -2.10. The highest BCUT2D eigenvalue weighted by Crippen LogP contribution is 2.30. The second-order valence-corrected chi connectivity index (χ2v) is 4.15. The molecule has 1 rings (SSSR count). The Morgan fingerprint density at radius 2 is 2.10 bits per heavy atom. The summed E-state index contributed by atoms with van der Waals surface area (Å²) in [5.74, 6) is 0.0371. The van der Waals surface area contributed by atoms with E-state index >= 15 is 0 Å². The van der Waals surface area contributed by atoms with E-state index in [9.17, 15) is 18.0 Å². The maximum atomic E-state index is 12.5. The summed E-state index contributed by atoms with van der Waals surface area (Å²) in [6.07, 6.45) is -3.73. The molecule has 0 atom stereocenters. The lowest BCUT2D eigenvalue weighted by Crippen LogP contribution is -2.30. The number of nitrogens with two attached hydrogens (primary N) is 1. The minimum Gasteiger partial charge on any atom is -0.409 e. The van der Waals surface area contributed by atoms with E-state index in [2.05, 4.69) is 15.8 Å². The average molecular weight is 304 g/mol. The fraction of sp³-hybridized carbons (Fsp3) is 0.333. The molecule has 21 heavy (non-hydrogen) atoms. The van der Waals surface area contributed by atoms with E-state index in [1.54, 1.807) is 0 Å². The van der Waals surface area contributed by atoms with Crippen molar-refractivity contribution in [3.05, 3.63) is 29.8 Å². The fourth-order valence-corrected chi connectivity index (χ4v) is 1.47. The van der Waals surface area contributed by atoms with Gasteiger partial charge < -0.3 is 21.6 Å². The van der Waals surface area contributed by atoms with Crippen LogP contribution < -0.4 is 16.4 Å². The molecule has 1 aromatic carbocycles. The number of hydrogen-bond donors (Lipinski definition) is 4. The van der Waals surface area contributed by atoms with Crippen LogP contribution in [0.15, 0.2) is 29.4 Å². The molecule has 0 aromatic heterocycles. The van der Waals surface area contributed by atoms with Crippen molar-refractivity contribution in [2.75, 3.05) is 11.9 Å². The Bertz CT molecular complexity index is 517. The molecule has 116 valence electrons. The number of benzene rings is 1. The van der Waals surface area contributed by atoms with Crippen molar-refractivity contribution >= 4 is 17.6 Å². The third-order valence-electron chi connectivity index (χ3n) is 2.47. The van der Waals surface area contributed by atoms with Gasteiger partial charge in [-0.05, 0) is 24.6 Å². The number of urea groups is 1. The zero-order chi connectivity index (χ0) is 15.9.